The van der Waals surface area contributed by atoms with Crippen molar-refractivity contribution in [3.63, 3.8) is 0 Å². The molecule has 6 nitrogen and oxygen atoms in total. The number of aromatic nitrogens is 2. The zero-order valence-electron chi connectivity index (χ0n) is 12.5. The van der Waals surface area contributed by atoms with Crippen LogP contribution in [0.25, 0.3) is 0 Å². The monoisotopic (exact) mass is 298 g/mol. The molecular formula is C16H18N4O2. The highest BCUT2D eigenvalue weighted by Crippen LogP contribution is 2.42. The zero-order valence-corrected chi connectivity index (χ0v) is 12.5. The second-order valence-electron chi connectivity index (χ2n) is 5.72. The van der Waals surface area contributed by atoms with Gasteiger partial charge in [0.05, 0.1) is 18.4 Å². The summed E-state index contributed by atoms with van der Waals surface area (Å²) in [5, 5.41) is 4.20. The Morgan fingerprint density at radius 1 is 1.32 bits per heavy atom. The smallest absolute Gasteiger partial charge is 0.248 e. The lowest BCUT2D eigenvalue weighted by Gasteiger charge is -2.40. The van der Waals surface area contributed by atoms with E-state index < -0.39 is 0 Å². The summed E-state index contributed by atoms with van der Waals surface area (Å²) in [6.07, 6.45) is 3.65. The standard InChI is InChI=1S/C16H18N4O2/c1-12-9-17-19(10-12)11-15(21)20-6-5-18-7-8-22-14-4-2-3-13(20)16(14)18/h2-4,9-10H,5-8,11H2,1H3. The van der Waals surface area contributed by atoms with E-state index in [0.717, 1.165) is 35.8 Å². The van der Waals surface area contributed by atoms with Crippen LogP contribution < -0.4 is 14.5 Å². The van der Waals surface area contributed by atoms with E-state index in [1.165, 1.54) is 0 Å². The van der Waals surface area contributed by atoms with Gasteiger partial charge in [0.1, 0.15) is 24.6 Å². The highest BCUT2D eigenvalue weighted by molar-refractivity contribution is 5.99. The zero-order chi connectivity index (χ0) is 15.1. The number of para-hydroxylation sites is 1. The summed E-state index contributed by atoms with van der Waals surface area (Å²) in [6.45, 7) is 5.37. The van der Waals surface area contributed by atoms with Crippen molar-refractivity contribution in [1.82, 2.24) is 9.78 Å². The highest BCUT2D eigenvalue weighted by Gasteiger charge is 2.31. The number of carbonyl (C=O) groups excluding carboxylic acids is 1. The second-order valence-corrected chi connectivity index (χ2v) is 5.72. The minimum Gasteiger partial charge on any atom is -0.489 e. The van der Waals surface area contributed by atoms with E-state index >= 15 is 0 Å². The molecule has 1 aromatic carbocycles. The first kappa shape index (κ1) is 13.2. The van der Waals surface area contributed by atoms with E-state index in [0.29, 0.717) is 13.2 Å². The van der Waals surface area contributed by atoms with E-state index in [1.54, 1.807) is 10.9 Å². The summed E-state index contributed by atoms with van der Waals surface area (Å²) in [5.74, 6) is 0.929. The Hall–Kier alpha value is -2.50. The summed E-state index contributed by atoms with van der Waals surface area (Å²) in [6, 6.07) is 5.91. The topological polar surface area (TPSA) is 50.6 Å². The van der Waals surface area contributed by atoms with Crippen LogP contribution in [0.1, 0.15) is 5.56 Å². The Morgan fingerprint density at radius 3 is 3.05 bits per heavy atom. The van der Waals surface area contributed by atoms with Gasteiger partial charge in [-0.25, -0.2) is 0 Å². The molecule has 2 aliphatic heterocycles. The summed E-state index contributed by atoms with van der Waals surface area (Å²) in [5.41, 5.74) is 3.05. The Balaban J connectivity index is 1.64. The molecule has 0 aliphatic carbocycles. The van der Waals surface area contributed by atoms with Gasteiger partial charge >= 0.3 is 0 Å². The van der Waals surface area contributed by atoms with Crippen molar-refractivity contribution >= 4 is 17.3 Å². The van der Waals surface area contributed by atoms with Gasteiger partial charge in [0.2, 0.25) is 5.91 Å². The van der Waals surface area contributed by atoms with Crippen molar-refractivity contribution in [3.8, 4) is 5.75 Å². The normalized spacial score (nSPS) is 16.2. The van der Waals surface area contributed by atoms with Gasteiger partial charge in [-0.15, -0.1) is 0 Å². The molecular weight excluding hydrogens is 280 g/mol. The molecule has 2 aliphatic rings. The van der Waals surface area contributed by atoms with Gasteiger partial charge in [-0.2, -0.15) is 5.10 Å². The van der Waals surface area contributed by atoms with Crippen molar-refractivity contribution in [3.05, 3.63) is 36.2 Å². The Morgan fingerprint density at radius 2 is 2.23 bits per heavy atom. The number of anilines is 2. The highest BCUT2D eigenvalue weighted by atomic mass is 16.5. The summed E-state index contributed by atoms with van der Waals surface area (Å²) >= 11 is 0. The van der Waals surface area contributed by atoms with E-state index in [2.05, 4.69) is 10.00 Å². The molecule has 0 bridgehead atoms. The molecule has 4 rings (SSSR count). The molecule has 1 amide bonds. The SMILES string of the molecule is Cc1cnn(CC(=O)N2CCN3CCOc4cccc2c43)c1. The van der Waals surface area contributed by atoms with Gasteiger partial charge in [-0.3, -0.25) is 9.48 Å². The quantitative estimate of drug-likeness (QED) is 0.842. The van der Waals surface area contributed by atoms with Crippen LogP contribution in [0.4, 0.5) is 11.4 Å². The third-order valence-corrected chi connectivity index (χ3v) is 4.16. The molecule has 2 aromatic rings. The minimum atomic E-state index is 0.0572. The fraction of sp³-hybridized carbons (Fsp3) is 0.375. The molecule has 6 heteroatoms. The lowest BCUT2D eigenvalue weighted by molar-refractivity contribution is -0.119. The van der Waals surface area contributed by atoms with Crippen LogP contribution in [0.2, 0.25) is 0 Å². The van der Waals surface area contributed by atoms with Crippen molar-refractivity contribution in [2.24, 2.45) is 0 Å². The second kappa shape index (κ2) is 5.05. The van der Waals surface area contributed by atoms with Crippen LogP contribution in [0, 0.1) is 6.92 Å². The first-order chi connectivity index (χ1) is 10.7. The van der Waals surface area contributed by atoms with Crippen LogP contribution in [0.5, 0.6) is 5.75 Å². The number of nitrogens with zero attached hydrogens (tertiary/aromatic N) is 4. The minimum absolute atomic E-state index is 0.0572. The number of carbonyl (C=O) groups is 1. The Labute approximate surface area is 128 Å². The molecule has 1 aromatic heterocycles. The molecule has 22 heavy (non-hydrogen) atoms. The van der Waals surface area contributed by atoms with E-state index in [-0.39, 0.29) is 12.5 Å². The van der Waals surface area contributed by atoms with E-state index in [1.807, 2.05) is 36.2 Å². The number of hydrogen-bond acceptors (Lipinski definition) is 4. The van der Waals surface area contributed by atoms with Gasteiger partial charge in [-0.1, -0.05) is 6.07 Å². The number of hydrogen-bond donors (Lipinski definition) is 0. The first-order valence-corrected chi connectivity index (χ1v) is 7.52. The van der Waals surface area contributed by atoms with Gasteiger partial charge in [0.15, 0.2) is 0 Å². The number of ether oxygens (including phenoxy) is 1. The maximum absolute atomic E-state index is 12.7. The van der Waals surface area contributed by atoms with Gasteiger partial charge in [0, 0.05) is 19.3 Å². The maximum atomic E-state index is 12.7. The van der Waals surface area contributed by atoms with Crippen LogP contribution in [-0.2, 0) is 11.3 Å². The molecule has 0 radical (unpaired) electrons. The maximum Gasteiger partial charge on any atom is 0.248 e. The van der Waals surface area contributed by atoms with Crippen molar-refractivity contribution in [2.45, 2.75) is 13.5 Å². The van der Waals surface area contributed by atoms with Crippen molar-refractivity contribution in [1.29, 1.82) is 0 Å². The predicted molar refractivity (Wildman–Crippen MR) is 83.5 cm³/mol. The molecule has 3 heterocycles. The summed E-state index contributed by atoms with van der Waals surface area (Å²) in [7, 11) is 0. The summed E-state index contributed by atoms with van der Waals surface area (Å²) < 4.78 is 7.41. The molecule has 0 saturated carbocycles. The van der Waals surface area contributed by atoms with Crippen LogP contribution >= 0.6 is 0 Å². The lowest BCUT2D eigenvalue weighted by atomic mass is 10.1. The predicted octanol–water partition coefficient (Wildman–Crippen LogP) is 1.44. The number of aryl methyl sites for hydroxylation is 1. The first-order valence-electron chi connectivity index (χ1n) is 7.52. The molecule has 114 valence electrons. The van der Waals surface area contributed by atoms with Crippen LogP contribution in [0.15, 0.2) is 30.6 Å². The molecule has 0 fully saturated rings. The fourth-order valence-corrected chi connectivity index (χ4v) is 3.14. The molecule has 0 saturated heterocycles. The lowest BCUT2D eigenvalue weighted by Crippen LogP contribution is -2.47. The van der Waals surface area contributed by atoms with Crippen LogP contribution in [-0.4, -0.2) is 41.9 Å². The Kier molecular flexibility index (Phi) is 3.03. The number of benzene rings is 1. The number of amides is 1. The van der Waals surface area contributed by atoms with Gasteiger partial charge in [0.25, 0.3) is 0 Å². The number of rotatable bonds is 2. The largest absolute Gasteiger partial charge is 0.489 e. The fourth-order valence-electron chi connectivity index (χ4n) is 3.14. The van der Waals surface area contributed by atoms with Crippen molar-refractivity contribution < 1.29 is 9.53 Å². The van der Waals surface area contributed by atoms with E-state index in [4.69, 9.17) is 4.74 Å². The average Bonchev–Trinajstić information content (AvgIpc) is 2.93. The van der Waals surface area contributed by atoms with Gasteiger partial charge < -0.3 is 14.5 Å². The Bertz CT molecular complexity index is 725. The van der Waals surface area contributed by atoms with E-state index in [9.17, 15) is 4.79 Å². The molecule has 0 atom stereocenters. The third-order valence-electron chi connectivity index (χ3n) is 4.16. The van der Waals surface area contributed by atoms with Gasteiger partial charge in [-0.05, 0) is 24.6 Å². The summed E-state index contributed by atoms with van der Waals surface area (Å²) in [4.78, 5) is 16.8. The third kappa shape index (κ3) is 2.11. The average molecular weight is 298 g/mol. The molecule has 0 N–H and O–H groups in total. The van der Waals surface area contributed by atoms with Crippen LogP contribution in [0.3, 0.4) is 0 Å². The molecule has 0 unspecified atom stereocenters. The van der Waals surface area contributed by atoms with Crippen molar-refractivity contribution in [2.75, 3.05) is 36.0 Å². The molecule has 0 spiro atoms.